The highest BCUT2D eigenvalue weighted by molar-refractivity contribution is 5.27. The Kier molecular flexibility index (Phi) is 4.22. The summed E-state index contributed by atoms with van der Waals surface area (Å²) in [6.07, 6.45) is 2.29. The molecular formula is C14H21NO3. The van der Waals surface area contributed by atoms with Crippen molar-refractivity contribution < 1.29 is 14.9 Å². The molecule has 0 aliphatic heterocycles. The lowest BCUT2D eigenvalue weighted by Crippen LogP contribution is -2.53. The maximum atomic E-state index is 9.57. The van der Waals surface area contributed by atoms with Gasteiger partial charge in [0.25, 0.3) is 0 Å². The number of hydrogen-bond acceptors (Lipinski definition) is 4. The highest BCUT2D eigenvalue weighted by Gasteiger charge is 2.44. The molecule has 3 N–H and O–H groups in total. The average molecular weight is 251 g/mol. The Morgan fingerprint density at radius 1 is 1.28 bits per heavy atom. The summed E-state index contributed by atoms with van der Waals surface area (Å²) in [5, 5.41) is 21.7. The third kappa shape index (κ3) is 2.83. The summed E-state index contributed by atoms with van der Waals surface area (Å²) in [5.74, 6) is 1.27. The first-order chi connectivity index (χ1) is 8.74. The summed E-state index contributed by atoms with van der Waals surface area (Å²) in [6.45, 7) is 0.589. The van der Waals surface area contributed by atoms with Gasteiger partial charge >= 0.3 is 0 Å². The van der Waals surface area contributed by atoms with Crippen LogP contribution in [0.4, 0.5) is 0 Å². The summed E-state index contributed by atoms with van der Waals surface area (Å²) < 4.78 is 5.75. The van der Waals surface area contributed by atoms with Crippen molar-refractivity contribution >= 4 is 0 Å². The zero-order chi connectivity index (χ0) is 13.0. The Balaban J connectivity index is 1.96. The van der Waals surface area contributed by atoms with E-state index >= 15 is 0 Å². The standard InChI is InChI=1S/C14H21NO3/c1-15-14(9-17,12-4-5-12)10-18-13-6-2-11(8-16)3-7-13/h2-3,6-7,12,15-17H,4-5,8-10H2,1H3. The van der Waals surface area contributed by atoms with Gasteiger partial charge in [0, 0.05) is 0 Å². The quantitative estimate of drug-likeness (QED) is 0.674. The molecule has 2 rings (SSSR count). The number of likely N-dealkylation sites (N-methyl/N-ethyl adjacent to an activating group) is 1. The number of aliphatic hydroxyl groups is 2. The topological polar surface area (TPSA) is 61.7 Å². The molecule has 0 bridgehead atoms. The number of nitrogens with one attached hydrogen (secondary N) is 1. The van der Waals surface area contributed by atoms with Gasteiger partial charge in [-0.1, -0.05) is 12.1 Å². The van der Waals surface area contributed by atoms with Crippen LogP contribution in [0.15, 0.2) is 24.3 Å². The van der Waals surface area contributed by atoms with Crippen LogP contribution in [-0.4, -0.2) is 36.0 Å². The SMILES string of the molecule is CNC(CO)(COc1ccc(CO)cc1)C1CC1. The molecular weight excluding hydrogens is 230 g/mol. The molecule has 0 aromatic heterocycles. The molecule has 0 heterocycles. The van der Waals surface area contributed by atoms with Gasteiger partial charge in [0.1, 0.15) is 12.4 Å². The maximum Gasteiger partial charge on any atom is 0.119 e. The van der Waals surface area contributed by atoms with Gasteiger partial charge in [0.15, 0.2) is 0 Å². The molecule has 0 radical (unpaired) electrons. The second-order valence-corrected chi connectivity index (χ2v) is 4.93. The molecule has 4 heteroatoms. The molecule has 0 amide bonds. The summed E-state index contributed by atoms with van der Waals surface area (Å²) in [5.41, 5.74) is 0.543. The molecule has 1 fully saturated rings. The van der Waals surface area contributed by atoms with E-state index in [4.69, 9.17) is 9.84 Å². The van der Waals surface area contributed by atoms with Crippen molar-refractivity contribution in [3.8, 4) is 5.75 Å². The van der Waals surface area contributed by atoms with Crippen molar-refractivity contribution in [3.63, 3.8) is 0 Å². The molecule has 1 unspecified atom stereocenters. The normalized spacial score (nSPS) is 18.4. The van der Waals surface area contributed by atoms with E-state index in [9.17, 15) is 5.11 Å². The summed E-state index contributed by atoms with van der Waals surface area (Å²) in [7, 11) is 1.87. The fraction of sp³-hybridized carbons (Fsp3) is 0.571. The van der Waals surface area contributed by atoms with E-state index < -0.39 is 0 Å². The van der Waals surface area contributed by atoms with E-state index in [1.807, 2.05) is 31.3 Å². The van der Waals surface area contributed by atoms with Crippen molar-refractivity contribution in [2.24, 2.45) is 5.92 Å². The van der Waals surface area contributed by atoms with E-state index in [0.717, 1.165) is 24.2 Å². The molecule has 0 saturated heterocycles. The van der Waals surface area contributed by atoms with Crippen molar-refractivity contribution in [3.05, 3.63) is 29.8 Å². The molecule has 1 aromatic rings. The van der Waals surface area contributed by atoms with Crippen LogP contribution in [0.5, 0.6) is 5.75 Å². The Morgan fingerprint density at radius 3 is 2.39 bits per heavy atom. The van der Waals surface area contributed by atoms with E-state index in [1.54, 1.807) is 0 Å². The molecule has 18 heavy (non-hydrogen) atoms. The smallest absolute Gasteiger partial charge is 0.119 e. The van der Waals surface area contributed by atoms with Crippen molar-refractivity contribution in [2.45, 2.75) is 25.0 Å². The van der Waals surface area contributed by atoms with Crippen LogP contribution < -0.4 is 10.1 Å². The van der Waals surface area contributed by atoms with E-state index in [2.05, 4.69) is 5.32 Å². The molecule has 1 aliphatic rings. The molecule has 0 spiro atoms. The lowest BCUT2D eigenvalue weighted by molar-refractivity contribution is 0.0914. The summed E-state index contributed by atoms with van der Waals surface area (Å²) >= 11 is 0. The van der Waals surface area contributed by atoms with E-state index in [0.29, 0.717) is 12.5 Å². The average Bonchev–Trinajstić information content (AvgIpc) is 3.26. The van der Waals surface area contributed by atoms with Crippen molar-refractivity contribution in [2.75, 3.05) is 20.3 Å². The number of hydrogen-bond donors (Lipinski definition) is 3. The van der Waals surface area contributed by atoms with Crippen molar-refractivity contribution in [1.82, 2.24) is 5.32 Å². The lowest BCUT2D eigenvalue weighted by Gasteiger charge is -2.31. The zero-order valence-corrected chi connectivity index (χ0v) is 10.7. The van der Waals surface area contributed by atoms with Crippen LogP contribution in [0.25, 0.3) is 0 Å². The molecule has 1 atom stereocenters. The zero-order valence-electron chi connectivity index (χ0n) is 10.7. The number of benzene rings is 1. The van der Waals surface area contributed by atoms with Crippen LogP contribution in [0.1, 0.15) is 18.4 Å². The monoisotopic (exact) mass is 251 g/mol. The Hall–Kier alpha value is -1.10. The maximum absolute atomic E-state index is 9.57. The second kappa shape index (κ2) is 5.69. The minimum Gasteiger partial charge on any atom is -0.492 e. The first-order valence-corrected chi connectivity index (χ1v) is 6.36. The largest absolute Gasteiger partial charge is 0.492 e. The van der Waals surface area contributed by atoms with Gasteiger partial charge in [0.05, 0.1) is 18.8 Å². The minimum atomic E-state index is -0.324. The summed E-state index contributed by atoms with van der Waals surface area (Å²) in [4.78, 5) is 0. The Bertz CT molecular complexity index is 369. The number of rotatable bonds is 7. The highest BCUT2D eigenvalue weighted by atomic mass is 16.5. The van der Waals surface area contributed by atoms with Crippen LogP contribution in [-0.2, 0) is 6.61 Å². The molecule has 1 saturated carbocycles. The molecule has 4 nitrogen and oxygen atoms in total. The van der Waals surface area contributed by atoms with E-state index in [1.165, 1.54) is 0 Å². The minimum absolute atomic E-state index is 0.0411. The predicted molar refractivity (Wildman–Crippen MR) is 69.5 cm³/mol. The van der Waals surface area contributed by atoms with Gasteiger partial charge in [-0.25, -0.2) is 0 Å². The van der Waals surface area contributed by atoms with Crippen LogP contribution in [0, 0.1) is 5.92 Å². The van der Waals surface area contributed by atoms with Crippen LogP contribution in [0.3, 0.4) is 0 Å². The fourth-order valence-electron chi connectivity index (χ4n) is 2.19. The van der Waals surface area contributed by atoms with Gasteiger partial charge in [-0.05, 0) is 43.5 Å². The van der Waals surface area contributed by atoms with Crippen LogP contribution in [0.2, 0.25) is 0 Å². The van der Waals surface area contributed by atoms with Gasteiger partial charge in [-0.3, -0.25) is 0 Å². The molecule has 100 valence electrons. The predicted octanol–water partition coefficient (Wildman–Crippen LogP) is 0.918. The third-order valence-corrected chi connectivity index (χ3v) is 3.74. The van der Waals surface area contributed by atoms with Gasteiger partial charge in [-0.15, -0.1) is 0 Å². The molecule has 1 aliphatic carbocycles. The van der Waals surface area contributed by atoms with Gasteiger partial charge in [-0.2, -0.15) is 0 Å². The highest BCUT2D eigenvalue weighted by Crippen LogP contribution is 2.39. The summed E-state index contributed by atoms with van der Waals surface area (Å²) in [6, 6.07) is 7.37. The van der Waals surface area contributed by atoms with Crippen molar-refractivity contribution in [1.29, 1.82) is 0 Å². The number of ether oxygens (including phenoxy) is 1. The Morgan fingerprint density at radius 2 is 1.94 bits per heavy atom. The third-order valence-electron chi connectivity index (χ3n) is 3.74. The Labute approximate surface area is 108 Å². The van der Waals surface area contributed by atoms with Crippen LogP contribution >= 0.6 is 0 Å². The first kappa shape index (κ1) is 13.3. The lowest BCUT2D eigenvalue weighted by atomic mass is 9.95. The molecule has 1 aromatic carbocycles. The van der Waals surface area contributed by atoms with Gasteiger partial charge in [0.2, 0.25) is 0 Å². The number of aliphatic hydroxyl groups excluding tert-OH is 2. The fourth-order valence-corrected chi connectivity index (χ4v) is 2.19. The second-order valence-electron chi connectivity index (χ2n) is 4.93. The van der Waals surface area contributed by atoms with E-state index in [-0.39, 0.29) is 18.8 Å². The van der Waals surface area contributed by atoms with Gasteiger partial charge < -0.3 is 20.3 Å². The first-order valence-electron chi connectivity index (χ1n) is 6.36.